The molecule has 0 unspecified atom stereocenters. The number of aliphatic hydroxyl groups excluding tert-OH is 1. The molecule has 5 heteroatoms. The minimum absolute atomic E-state index is 0.0719. The second-order valence-electron chi connectivity index (χ2n) is 9.57. The number of carbonyl (C=O) groups is 1. The number of amides is 2. The molecule has 24 heavy (non-hydrogen) atoms. The molecule has 2 aliphatic heterocycles. The number of hydrogen-bond acceptors (Lipinski definition) is 3. The van der Waals surface area contributed by atoms with Gasteiger partial charge in [-0.3, -0.25) is 0 Å². The van der Waals surface area contributed by atoms with E-state index in [9.17, 15) is 9.90 Å². The first-order valence-electron chi connectivity index (χ1n) is 9.85. The lowest BCUT2D eigenvalue weighted by atomic mass is 9.53. The van der Waals surface area contributed by atoms with Crippen molar-refractivity contribution in [2.75, 3.05) is 32.9 Å². The van der Waals surface area contributed by atoms with Gasteiger partial charge in [-0.05, 0) is 68.6 Å². The summed E-state index contributed by atoms with van der Waals surface area (Å²) < 4.78 is 5.62. The monoisotopic (exact) mass is 334 g/mol. The van der Waals surface area contributed by atoms with Gasteiger partial charge in [0, 0.05) is 30.7 Å². The zero-order chi connectivity index (χ0) is 16.4. The van der Waals surface area contributed by atoms with Crippen molar-refractivity contribution in [3.8, 4) is 0 Å². The SMILES string of the molecule is O=C(NC12CC3CC(CC(C3)C1)C2)N1C[C@@H]2CCOC[C@]2(CO)C1. The Labute approximate surface area is 144 Å². The van der Waals surface area contributed by atoms with Crippen LogP contribution in [0.5, 0.6) is 0 Å². The van der Waals surface area contributed by atoms with Crippen molar-refractivity contribution >= 4 is 6.03 Å². The Bertz CT molecular complexity index is 501. The number of ether oxygens (including phenoxy) is 1. The van der Waals surface area contributed by atoms with Gasteiger partial charge in [0.05, 0.1) is 13.2 Å². The average Bonchev–Trinajstić information content (AvgIpc) is 2.93. The smallest absolute Gasteiger partial charge is 0.317 e. The van der Waals surface area contributed by atoms with Gasteiger partial charge in [-0.1, -0.05) is 0 Å². The largest absolute Gasteiger partial charge is 0.396 e. The summed E-state index contributed by atoms with van der Waals surface area (Å²) >= 11 is 0. The quantitative estimate of drug-likeness (QED) is 0.812. The maximum Gasteiger partial charge on any atom is 0.317 e. The number of likely N-dealkylation sites (tertiary alicyclic amines) is 1. The Morgan fingerprint density at radius 1 is 1.17 bits per heavy atom. The van der Waals surface area contributed by atoms with E-state index < -0.39 is 0 Å². The van der Waals surface area contributed by atoms with Gasteiger partial charge in [0.1, 0.15) is 0 Å². The molecule has 134 valence electrons. The molecule has 5 nitrogen and oxygen atoms in total. The van der Waals surface area contributed by atoms with Gasteiger partial charge in [-0.2, -0.15) is 0 Å². The van der Waals surface area contributed by atoms with Crippen LogP contribution < -0.4 is 5.32 Å². The highest BCUT2D eigenvalue weighted by atomic mass is 16.5. The van der Waals surface area contributed by atoms with Crippen LogP contribution in [-0.2, 0) is 4.74 Å². The summed E-state index contributed by atoms with van der Waals surface area (Å²) in [6.07, 6.45) is 8.72. The molecule has 2 heterocycles. The minimum atomic E-state index is -0.225. The van der Waals surface area contributed by atoms with Gasteiger partial charge in [0.15, 0.2) is 0 Å². The van der Waals surface area contributed by atoms with Crippen LogP contribution in [0, 0.1) is 29.1 Å². The molecule has 4 saturated carbocycles. The van der Waals surface area contributed by atoms with Crippen LogP contribution in [0.4, 0.5) is 4.79 Å². The summed E-state index contributed by atoms with van der Waals surface area (Å²) in [6, 6.07) is 0.110. The molecule has 0 radical (unpaired) electrons. The fraction of sp³-hybridized carbons (Fsp3) is 0.947. The van der Waals surface area contributed by atoms with E-state index in [1.165, 1.54) is 38.5 Å². The third kappa shape index (κ3) is 2.31. The molecule has 0 aromatic rings. The van der Waals surface area contributed by atoms with E-state index in [2.05, 4.69) is 5.32 Å². The standard InChI is InChI=1S/C19H30N2O3/c22-11-18-10-21(9-16(18)1-2-24-12-18)17(23)20-19-6-13-3-14(7-19)5-15(4-13)8-19/h13-16,22H,1-12H2,(H,20,23)/t13?,14?,15?,16-,18+,19?/m0/s1. The van der Waals surface area contributed by atoms with Gasteiger partial charge in [0.25, 0.3) is 0 Å². The van der Waals surface area contributed by atoms with Crippen LogP contribution in [0.25, 0.3) is 0 Å². The van der Waals surface area contributed by atoms with Crippen molar-refractivity contribution in [2.24, 2.45) is 29.1 Å². The van der Waals surface area contributed by atoms with Crippen LogP contribution in [-0.4, -0.2) is 54.5 Å². The molecule has 0 spiro atoms. The predicted molar refractivity (Wildman–Crippen MR) is 89.5 cm³/mol. The predicted octanol–water partition coefficient (Wildman–Crippen LogP) is 2.00. The second-order valence-corrected chi connectivity index (χ2v) is 9.57. The van der Waals surface area contributed by atoms with E-state index in [1.807, 2.05) is 4.90 Å². The van der Waals surface area contributed by atoms with Crippen molar-refractivity contribution < 1.29 is 14.6 Å². The van der Waals surface area contributed by atoms with Crippen molar-refractivity contribution in [1.82, 2.24) is 10.2 Å². The van der Waals surface area contributed by atoms with Crippen LogP contribution >= 0.6 is 0 Å². The topological polar surface area (TPSA) is 61.8 Å². The van der Waals surface area contributed by atoms with Crippen molar-refractivity contribution in [2.45, 2.75) is 50.5 Å². The number of hydrogen-bond donors (Lipinski definition) is 2. The van der Waals surface area contributed by atoms with Crippen LogP contribution in [0.1, 0.15) is 44.9 Å². The Balaban J connectivity index is 1.29. The highest BCUT2D eigenvalue weighted by Crippen LogP contribution is 2.55. The Hall–Kier alpha value is -0.810. The van der Waals surface area contributed by atoms with E-state index >= 15 is 0 Å². The van der Waals surface area contributed by atoms with Gasteiger partial charge in [-0.15, -0.1) is 0 Å². The number of urea groups is 1. The molecule has 0 aromatic heterocycles. The summed E-state index contributed by atoms with van der Waals surface area (Å²) in [5.41, 5.74) is -0.153. The first-order chi connectivity index (χ1) is 11.6. The average molecular weight is 334 g/mol. The van der Waals surface area contributed by atoms with E-state index in [0.717, 1.165) is 37.3 Å². The van der Waals surface area contributed by atoms with Crippen LogP contribution in [0.3, 0.4) is 0 Å². The lowest BCUT2D eigenvalue weighted by Crippen LogP contribution is -2.61. The van der Waals surface area contributed by atoms with Gasteiger partial charge in [0.2, 0.25) is 0 Å². The molecule has 2 N–H and O–H groups in total. The lowest BCUT2D eigenvalue weighted by molar-refractivity contribution is -0.0557. The number of fused-ring (bicyclic) bond motifs is 1. The highest BCUT2D eigenvalue weighted by molar-refractivity contribution is 5.75. The van der Waals surface area contributed by atoms with Gasteiger partial charge >= 0.3 is 6.03 Å². The molecular weight excluding hydrogens is 304 g/mol. The number of nitrogens with zero attached hydrogens (tertiary/aromatic N) is 1. The molecule has 0 aromatic carbocycles. The first kappa shape index (κ1) is 15.4. The molecule has 2 atom stereocenters. The van der Waals surface area contributed by atoms with E-state index in [1.54, 1.807) is 0 Å². The molecular formula is C19H30N2O3. The number of rotatable bonds is 2. The molecule has 2 amide bonds. The molecule has 4 bridgehead atoms. The van der Waals surface area contributed by atoms with Crippen LogP contribution in [0.2, 0.25) is 0 Å². The normalized spacial score (nSPS) is 49.3. The Morgan fingerprint density at radius 3 is 2.42 bits per heavy atom. The molecule has 6 aliphatic rings. The molecule has 6 rings (SSSR count). The van der Waals surface area contributed by atoms with E-state index in [-0.39, 0.29) is 23.6 Å². The maximum absolute atomic E-state index is 13.0. The summed E-state index contributed by atoms with van der Waals surface area (Å²) in [4.78, 5) is 15.0. The molecule has 4 aliphatic carbocycles. The second kappa shape index (κ2) is 5.34. The van der Waals surface area contributed by atoms with E-state index in [0.29, 0.717) is 19.1 Å². The molecule has 6 fully saturated rings. The maximum atomic E-state index is 13.0. The number of nitrogens with one attached hydrogen (secondary N) is 1. The van der Waals surface area contributed by atoms with Crippen molar-refractivity contribution in [3.63, 3.8) is 0 Å². The lowest BCUT2D eigenvalue weighted by Gasteiger charge is -2.57. The fourth-order valence-corrected chi connectivity index (χ4v) is 7.04. The van der Waals surface area contributed by atoms with Gasteiger partial charge in [-0.25, -0.2) is 4.79 Å². The Kier molecular flexibility index (Phi) is 3.44. The third-order valence-electron chi connectivity index (χ3n) is 7.83. The fourth-order valence-electron chi connectivity index (χ4n) is 7.04. The van der Waals surface area contributed by atoms with Crippen molar-refractivity contribution in [1.29, 1.82) is 0 Å². The third-order valence-corrected chi connectivity index (χ3v) is 7.83. The summed E-state index contributed by atoms with van der Waals surface area (Å²) in [5, 5.41) is 13.4. The van der Waals surface area contributed by atoms with Crippen molar-refractivity contribution in [3.05, 3.63) is 0 Å². The zero-order valence-corrected chi connectivity index (χ0v) is 14.5. The summed E-state index contributed by atoms with van der Waals surface area (Å²) in [6.45, 7) is 2.90. The van der Waals surface area contributed by atoms with E-state index in [4.69, 9.17) is 4.74 Å². The first-order valence-corrected chi connectivity index (χ1v) is 9.85. The number of aliphatic hydroxyl groups is 1. The highest BCUT2D eigenvalue weighted by Gasteiger charge is 2.54. The summed E-state index contributed by atoms with van der Waals surface area (Å²) in [7, 11) is 0. The van der Waals surface area contributed by atoms with Gasteiger partial charge < -0.3 is 20.1 Å². The molecule has 2 saturated heterocycles. The van der Waals surface area contributed by atoms with Crippen LogP contribution in [0.15, 0.2) is 0 Å². The number of carbonyl (C=O) groups excluding carboxylic acids is 1. The summed E-state index contributed by atoms with van der Waals surface area (Å²) in [5.74, 6) is 2.91. The Morgan fingerprint density at radius 2 is 1.83 bits per heavy atom. The minimum Gasteiger partial charge on any atom is -0.396 e. The zero-order valence-electron chi connectivity index (χ0n) is 14.5.